The van der Waals surface area contributed by atoms with E-state index in [4.69, 9.17) is 25.2 Å². The summed E-state index contributed by atoms with van der Waals surface area (Å²) in [6.07, 6.45) is 3.23. The monoisotopic (exact) mass is 559 g/mol. The third-order valence-corrected chi connectivity index (χ3v) is 7.08. The molecule has 1 saturated heterocycles. The van der Waals surface area contributed by atoms with Gasteiger partial charge in [-0.3, -0.25) is 19.3 Å². The average Bonchev–Trinajstić information content (AvgIpc) is 3.60. The SMILES string of the molecule is CCC1c2cccn2CCN1Cc1ccc(OCC(=O)N2CCCC2)cc1.O=C(O)CC(O)(CC(=O)O)C(=O)O. The molecule has 12 nitrogen and oxygen atoms in total. The van der Waals surface area contributed by atoms with Crippen molar-refractivity contribution in [3.05, 3.63) is 53.9 Å². The lowest BCUT2D eigenvalue weighted by Crippen LogP contribution is -2.42. The van der Waals surface area contributed by atoms with Crippen LogP contribution >= 0.6 is 0 Å². The van der Waals surface area contributed by atoms with Crippen molar-refractivity contribution in [2.75, 3.05) is 26.2 Å². The number of likely N-dealkylation sites (tertiary alicyclic amines) is 1. The number of ether oxygens (including phenoxy) is 1. The van der Waals surface area contributed by atoms with Gasteiger partial charge in [0.2, 0.25) is 0 Å². The average molecular weight is 560 g/mol. The summed E-state index contributed by atoms with van der Waals surface area (Å²) in [5.41, 5.74) is -0.0340. The second-order valence-corrected chi connectivity index (χ2v) is 10.0. The predicted molar refractivity (Wildman–Crippen MR) is 143 cm³/mol. The number of aliphatic hydroxyl groups is 1. The van der Waals surface area contributed by atoms with Crippen LogP contribution in [0.2, 0.25) is 0 Å². The van der Waals surface area contributed by atoms with Crippen LogP contribution in [0.15, 0.2) is 42.6 Å². The molecule has 2 aromatic rings. The fourth-order valence-electron chi connectivity index (χ4n) is 5.01. The normalized spacial score (nSPS) is 16.9. The molecule has 2 aliphatic rings. The molecule has 4 rings (SSSR count). The van der Waals surface area contributed by atoms with E-state index in [9.17, 15) is 19.2 Å². The summed E-state index contributed by atoms with van der Waals surface area (Å²) in [7, 11) is 0. The summed E-state index contributed by atoms with van der Waals surface area (Å²) in [6, 6.07) is 13.1. The first-order valence-corrected chi connectivity index (χ1v) is 13.3. The largest absolute Gasteiger partial charge is 0.484 e. The van der Waals surface area contributed by atoms with Gasteiger partial charge in [0.15, 0.2) is 12.2 Å². The molecule has 40 heavy (non-hydrogen) atoms. The van der Waals surface area contributed by atoms with Gasteiger partial charge in [0, 0.05) is 44.6 Å². The first-order chi connectivity index (χ1) is 19.0. The number of nitrogens with zero attached hydrogens (tertiary/aromatic N) is 3. The second-order valence-electron chi connectivity index (χ2n) is 10.0. The highest BCUT2D eigenvalue weighted by molar-refractivity contribution is 5.88. The van der Waals surface area contributed by atoms with E-state index in [1.165, 1.54) is 11.3 Å². The molecule has 1 aromatic heterocycles. The quantitative estimate of drug-likeness (QED) is 0.320. The molecule has 3 heterocycles. The van der Waals surface area contributed by atoms with Crippen LogP contribution in [0.5, 0.6) is 5.75 Å². The summed E-state index contributed by atoms with van der Waals surface area (Å²) in [4.78, 5) is 47.0. The maximum absolute atomic E-state index is 12.1. The van der Waals surface area contributed by atoms with Crippen molar-refractivity contribution < 1.29 is 44.3 Å². The number of amides is 1. The first kappa shape index (κ1) is 30.6. The van der Waals surface area contributed by atoms with Crippen molar-refractivity contribution in [3.8, 4) is 5.75 Å². The molecular weight excluding hydrogens is 522 g/mol. The molecule has 2 aliphatic heterocycles. The van der Waals surface area contributed by atoms with Crippen LogP contribution in [0.1, 0.15) is 56.3 Å². The summed E-state index contributed by atoms with van der Waals surface area (Å²) in [5, 5.41) is 33.8. The van der Waals surface area contributed by atoms with Gasteiger partial charge in [-0.1, -0.05) is 19.1 Å². The Balaban J connectivity index is 0.000000289. The highest BCUT2D eigenvalue weighted by atomic mass is 16.5. The molecule has 218 valence electrons. The number of carbonyl (C=O) groups excluding carboxylic acids is 1. The zero-order valence-corrected chi connectivity index (χ0v) is 22.6. The minimum absolute atomic E-state index is 0.0960. The van der Waals surface area contributed by atoms with Gasteiger partial charge < -0.3 is 34.6 Å². The van der Waals surface area contributed by atoms with Crippen molar-refractivity contribution in [2.24, 2.45) is 0 Å². The lowest BCUT2D eigenvalue weighted by molar-refractivity contribution is -0.170. The van der Waals surface area contributed by atoms with E-state index in [-0.39, 0.29) is 12.5 Å². The van der Waals surface area contributed by atoms with Gasteiger partial charge in [0.25, 0.3) is 5.91 Å². The van der Waals surface area contributed by atoms with E-state index >= 15 is 0 Å². The molecule has 0 bridgehead atoms. The maximum atomic E-state index is 12.1. The molecule has 1 amide bonds. The number of carboxylic acid groups (broad SMARTS) is 3. The molecule has 1 aromatic carbocycles. The lowest BCUT2D eigenvalue weighted by Gasteiger charge is -2.36. The minimum Gasteiger partial charge on any atom is -0.484 e. The number of carbonyl (C=O) groups is 4. The molecule has 0 radical (unpaired) electrons. The molecule has 12 heteroatoms. The van der Waals surface area contributed by atoms with Crippen LogP contribution in [0.3, 0.4) is 0 Å². The van der Waals surface area contributed by atoms with E-state index in [1.54, 1.807) is 0 Å². The molecule has 0 aliphatic carbocycles. The molecular formula is C28H37N3O9. The Labute approximate surface area is 232 Å². The zero-order valence-electron chi connectivity index (χ0n) is 22.6. The van der Waals surface area contributed by atoms with E-state index in [2.05, 4.69) is 46.9 Å². The molecule has 1 unspecified atom stereocenters. The van der Waals surface area contributed by atoms with Crippen LogP contribution in [0, 0.1) is 0 Å². The number of hydrogen-bond donors (Lipinski definition) is 4. The summed E-state index contributed by atoms with van der Waals surface area (Å²) in [6.45, 7) is 7.21. The fraction of sp³-hybridized carbons (Fsp3) is 0.500. The van der Waals surface area contributed by atoms with E-state index in [1.807, 2.05) is 17.0 Å². The van der Waals surface area contributed by atoms with Gasteiger partial charge in [0.05, 0.1) is 18.9 Å². The van der Waals surface area contributed by atoms with Crippen LogP contribution in [-0.2, 0) is 32.3 Å². The van der Waals surface area contributed by atoms with E-state index in [0.29, 0.717) is 6.04 Å². The topological polar surface area (TPSA) is 170 Å². The Morgan fingerprint density at radius 1 is 0.925 bits per heavy atom. The van der Waals surface area contributed by atoms with Gasteiger partial charge in [-0.15, -0.1) is 0 Å². The number of aliphatic carboxylic acids is 3. The summed E-state index contributed by atoms with van der Waals surface area (Å²) in [5.74, 6) is -4.15. The van der Waals surface area contributed by atoms with Crippen molar-refractivity contribution in [1.82, 2.24) is 14.4 Å². The van der Waals surface area contributed by atoms with Gasteiger partial charge in [0.1, 0.15) is 5.75 Å². The molecule has 0 saturated carbocycles. The van der Waals surface area contributed by atoms with E-state index in [0.717, 1.165) is 57.7 Å². The number of aromatic nitrogens is 1. The van der Waals surface area contributed by atoms with Crippen molar-refractivity contribution in [3.63, 3.8) is 0 Å². The number of carboxylic acids is 3. The third-order valence-electron chi connectivity index (χ3n) is 7.08. The summed E-state index contributed by atoms with van der Waals surface area (Å²) >= 11 is 0. The highest BCUT2D eigenvalue weighted by Gasteiger charge is 2.40. The van der Waals surface area contributed by atoms with Crippen LogP contribution in [0.25, 0.3) is 0 Å². The van der Waals surface area contributed by atoms with Crippen LogP contribution in [0.4, 0.5) is 0 Å². The Morgan fingerprint density at radius 2 is 1.55 bits per heavy atom. The number of benzene rings is 1. The van der Waals surface area contributed by atoms with Gasteiger partial charge in [-0.25, -0.2) is 4.79 Å². The first-order valence-electron chi connectivity index (χ1n) is 13.3. The zero-order chi connectivity index (χ0) is 29.3. The second kappa shape index (κ2) is 13.9. The number of hydrogen-bond acceptors (Lipinski definition) is 7. The highest BCUT2D eigenvalue weighted by Crippen LogP contribution is 2.30. The third kappa shape index (κ3) is 8.30. The summed E-state index contributed by atoms with van der Waals surface area (Å²) < 4.78 is 8.07. The number of rotatable bonds is 11. The Bertz CT molecular complexity index is 1160. The maximum Gasteiger partial charge on any atom is 0.336 e. The Morgan fingerprint density at radius 3 is 2.10 bits per heavy atom. The van der Waals surface area contributed by atoms with Crippen LogP contribution < -0.4 is 4.74 Å². The Kier molecular flexibility index (Phi) is 10.7. The fourth-order valence-corrected chi connectivity index (χ4v) is 5.01. The van der Waals surface area contributed by atoms with Crippen molar-refractivity contribution in [2.45, 2.75) is 63.8 Å². The smallest absolute Gasteiger partial charge is 0.336 e. The number of fused-ring (bicyclic) bond motifs is 1. The van der Waals surface area contributed by atoms with Crippen LogP contribution in [-0.4, -0.2) is 90.5 Å². The van der Waals surface area contributed by atoms with Gasteiger partial charge in [-0.2, -0.15) is 0 Å². The standard InChI is InChI=1S/C22H29N3O2.C6H8O7/c1-2-20-21-6-5-13-23(21)14-15-25(20)16-18-7-9-19(10-8-18)27-17-22(26)24-11-3-4-12-24;7-3(8)1-6(13,5(11)12)2-4(9)10/h5-10,13,20H,2-4,11-12,14-17H2,1H3;13H,1-2H2,(H,7,8)(H,9,10)(H,11,12). The molecule has 1 atom stereocenters. The van der Waals surface area contributed by atoms with Crippen molar-refractivity contribution >= 4 is 23.8 Å². The minimum atomic E-state index is -2.74. The Hall–Kier alpha value is -3.90. The van der Waals surface area contributed by atoms with Gasteiger partial charge >= 0.3 is 17.9 Å². The van der Waals surface area contributed by atoms with Crippen molar-refractivity contribution in [1.29, 1.82) is 0 Å². The lowest BCUT2D eigenvalue weighted by atomic mass is 9.96. The molecule has 4 N–H and O–H groups in total. The molecule has 1 fully saturated rings. The predicted octanol–water partition coefficient (Wildman–Crippen LogP) is 2.21. The van der Waals surface area contributed by atoms with Gasteiger partial charge in [-0.05, 0) is 49.1 Å². The molecule has 0 spiro atoms. The van der Waals surface area contributed by atoms with E-state index < -0.39 is 36.4 Å².